The number of anilines is 2. The molecule has 0 saturated heterocycles. The van der Waals surface area contributed by atoms with Crippen molar-refractivity contribution in [1.29, 1.82) is 0 Å². The molecule has 0 radical (unpaired) electrons. The van der Waals surface area contributed by atoms with E-state index in [-0.39, 0.29) is 10.8 Å². The number of fused-ring (bicyclic) bond motifs is 1. The van der Waals surface area contributed by atoms with Crippen LogP contribution in [-0.2, 0) is 14.8 Å². The summed E-state index contributed by atoms with van der Waals surface area (Å²) in [6, 6.07) is 15.5. The summed E-state index contributed by atoms with van der Waals surface area (Å²) in [6.45, 7) is 1.42. The minimum absolute atomic E-state index is 0.114. The maximum Gasteiger partial charge on any atom is 0.264 e. The molecule has 4 rings (SSSR count). The molecule has 0 unspecified atom stereocenters. The minimum Gasteiger partial charge on any atom is -0.302 e. The third-order valence-electron chi connectivity index (χ3n) is 4.08. The second kappa shape index (κ2) is 7.61. The van der Waals surface area contributed by atoms with E-state index in [4.69, 9.17) is 0 Å². The van der Waals surface area contributed by atoms with E-state index in [1.807, 2.05) is 18.2 Å². The standard InChI is InChI=1S/C20H16N4O3S2/c1-13(25)22-20-23-17(12-28-20)15-6-2-8-16(11-15)24-29(26,27)18-9-3-5-14-7-4-10-21-19(14)18/h2-12,24H,1H3,(H,22,23,25). The molecule has 0 aliphatic heterocycles. The lowest BCUT2D eigenvalue weighted by Crippen LogP contribution is -2.13. The summed E-state index contributed by atoms with van der Waals surface area (Å²) in [6.07, 6.45) is 1.57. The average Bonchev–Trinajstić information content (AvgIpc) is 3.15. The molecule has 0 fully saturated rings. The van der Waals surface area contributed by atoms with Crippen LogP contribution in [0.3, 0.4) is 0 Å². The van der Waals surface area contributed by atoms with Gasteiger partial charge in [-0.05, 0) is 24.3 Å². The summed E-state index contributed by atoms with van der Waals surface area (Å²) in [4.78, 5) is 19.9. The van der Waals surface area contributed by atoms with Gasteiger partial charge >= 0.3 is 0 Å². The molecule has 1 amide bonds. The first-order chi connectivity index (χ1) is 13.9. The third kappa shape index (κ3) is 4.10. The Hall–Kier alpha value is -3.30. The number of carbonyl (C=O) groups excluding carboxylic acids is 1. The van der Waals surface area contributed by atoms with Crippen LogP contribution in [0.4, 0.5) is 10.8 Å². The molecule has 2 aromatic carbocycles. The highest BCUT2D eigenvalue weighted by molar-refractivity contribution is 7.93. The summed E-state index contributed by atoms with van der Waals surface area (Å²) in [7, 11) is -3.84. The quantitative estimate of drug-likeness (QED) is 0.502. The first-order valence-corrected chi connectivity index (χ1v) is 11.0. The van der Waals surface area contributed by atoms with Crippen molar-refractivity contribution in [3.63, 3.8) is 0 Å². The molecule has 4 aromatic rings. The van der Waals surface area contributed by atoms with Crippen molar-refractivity contribution in [2.45, 2.75) is 11.8 Å². The van der Waals surface area contributed by atoms with Gasteiger partial charge < -0.3 is 5.32 Å². The van der Waals surface area contributed by atoms with Crippen LogP contribution in [-0.4, -0.2) is 24.3 Å². The van der Waals surface area contributed by atoms with Crippen LogP contribution in [0.15, 0.2) is 71.1 Å². The molecular formula is C20H16N4O3S2. The van der Waals surface area contributed by atoms with Crippen LogP contribution in [0.2, 0.25) is 0 Å². The number of thiazole rings is 1. The zero-order valence-electron chi connectivity index (χ0n) is 15.3. The number of amides is 1. The summed E-state index contributed by atoms with van der Waals surface area (Å²) in [5.74, 6) is -0.198. The van der Waals surface area contributed by atoms with E-state index in [1.165, 1.54) is 24.3 Å². The third-order valence-corrected chi connectivity index (χ3v) is 6.25. The summed E-state index contributed by atoms with van der Waals surface area (Å²) >= 11 is 1.30. The SMILES string of the molecule is CC(=O)Nc1nc(-c2cccc(NS(=O)(=O)c3cccc4cccnc34)c2)cs1. The molecule has 7 nitrogen and oxygen atoms in total. The molecule has 0 aliphatic rings. The van der Waals surface area contributed by atoms with Crippen LogP contribution >= 0.6 is 11.3 Å². The van der Waals surface area contributed by atoms with Gasteiger partial charge in [-0.3, -0.25) is 14.5 Å². The lowest BCUT2D eigenvalue weighted by Gasteiger charge is -2.10. The predicted molar refractivity (Wildman–Crippen MR) is 114 cm³/mol. The maximum absolute atomic E-state index is 13.0. The highest BCUT2D eigenvalue weighted by atomic mass is 32.2. The van der Waals surface area contributed by atoms with Gasteiger partial charge in [0.2, 0.25) is 5.91 Å². The maximum atomic E-state index is 13.0. The molecular weight excluding hydrogens is 408 g/mol. The Morgan fingerprint density at radius 1 is 1.07 bits per heavy atom. The molecule has 0 spiro atoms. The van der Waals surface area contributed by atoms with Gasteiger partial charge in [-0.1, -0.05) is 30.3 Å². The van der Waals surface area contributed by atoms with Crippen LogP contribution in [0, 0.1) is 0 Å². The van der Waals surface area contributed by atoms with E-state index in [1.54, 1.807) is 41.9 Å². The summed E-state index contributed by atoms with van der Waals surface area (Å²) < 4.78 is 28.6. The van der Waals surface area contributed by atoms with E-state index in [9.17, 15) is 13.2 Å². The molecule has 0 bridgehead atoms. The normalized spacial score (nSPS) is 11.3. The number of carbonyl (C=O) groups is 1. The number of hydrogen-bond acceptors (Lipinski definition) is 6. The topological polar surface area (TPSA) is 101 Å². The van der Waals surface area contributed by atoms with Crippen molar-refractivity contribution >= 4 is 49.0 Å². The van der Waals surface area contributed by atoms with E-state index in [0.717, 1.165) is 10.9 Å². The van der Waals surface area contributed by atoms with Crippen molar-refractivity contribution in [3.05, 3.63) is 66.2 Å². The number of pyridine rings is 1. The van der Waals surface area contributed by atoms with Gasteiger partial charge in [-0.15, -0.1) is 11.3 Å². The van der Waals surface area contributed by atoms with Crippen LogP contribution in [0.5, 0.6) is 0 Å². The van der Waals surface area contributed by atoms with E-state index >= 15 is 0 Å². The molecule has 29 heavy (non-hydrogen) atoms. The fourth-order valence-corrected chi connectivity index (χ4v) is 4.86. The van der Waals surface area contributed by atoms with Gasteiger partial charge in [0.25, 0.3) is 10.0 Å². The number of nitrogens with zero attached hydrogens (tertiary/aromatic N) is 2. The number of rotatable bonds is 5. The van der Waals surface area contributed by atoms with Crippen LogP contribution in [0.1, 0.15) is 6.92 Å². The first-order valence-electron chi connectivity index (χ1n) is 8.62. The first kappa shape index (κ1) is 19.0. The second-order valence-corrected chi connectivity index (χ2v) is 8.75. The Labute approximate surface area is 171 Å². The number of benzene rings is 2. The van der Waals surface area contributed by atoms with Crippen molar-refractivity contribution < 1.29 is 13.2 Å². The smallest absolute Gasteiger partial charge is 0.264 e. The Bertz CT molecular complexity index is 1310. The number of sulfonamides is 1. The monoisotopic (exact) mass is 424 g/mol. The molecule has 146 valence electrons. The number of para-hydroxylation sites is 1. The molecule has 0 aliphatic carbocycles. The van der Waals surface area contributed by atoms with Gasteiger partial charge in [0.05, 0.1) is 11.2 Å². The molecule has 2 N–H and O–H groups in total. The van der Waals surface area contributed by atoms with E-state index < -0.39 is 10.0 Å². The minimum atomic E-state index is -3.84. The van der Waals surface area contributed by atoms with Crippen molar-refractivity contribution in [3.8, 4) is 11.3 Å². The van der Waals surface area contributed by atoms with E-state index in [2.05, 4.69) is 20.0 Å². The lowest BCUT2D eigenvalue weighted by atomic mass is 10.1. The summed E-state index contributed by atoms with van der Waals surface area (Å²) in [5.41, 5.74) is 2.20. The molecule has 2 heterocycles. The predicted octanol–water partition coefficient (Wildman–Crippen LogP) is 4.12. The second-order valence-electron chi connectivity index (χ2n) is 6.24. The summed E-state index contributed by atoms with van der Waals surface area (Å²) in [5, 5.41) is 5.67. The van der Waals surface area contributed by atoms with Crippen molar-refractivity contribution in [2.24, 2.45) is 0 Å². The Morgan fingerprint density at radius 2 is 1.86 bits per heavy atom. The highest BCUT2D eigenvalue weighted by Gasteiger charge is 2.18. The van der Waals surface area contributed by atoms with E-state index in [0.29, 0.717) is 22.0 Å². The van der Waals surface area contributed by atoms with Gasteiger partial charge in [0, 0.05) is 35.1 Å². The number of hydrogen-bond donors (Lipinski definition) is 2. The van der Waals surface area contributed by atoms with Crippen LogP contribution in [0.25, 0.3) is 22.2 Å². The Kier molecular flexibility index (Phi) is 4.99. The molecule has 2 aromatic heterocycles. The highest BCUT2D eigenvalue weighted by Crippen LogP contribution is 2.28. The van der Waals surface area contributed by atoms with Gasteiger partial charge in [0.1, 0.15) is 4.90 Å². The molecule has 0 atom stereocenters. The zero-order chi connectivity index (χ0) is 20.4. The van der Waals surface area contributed by atoms with Gasteiger partial charge in [-0.25, -0.2) is 13.4 Å². The average molecular weight is 425 g/mol. The zero-order valence-corrected chi connectivity index (χ0v) is 16.9. The largest absolute Gasteiger partial charge is 0.302 e. The fraction of sp³-hybridized carbons (Fsp3) is 0.0500. The number of nitrogens with one attached hydrogen (secondary N) is 2. The van der Waals surface area contributed by atoms with Crippen molar-refractivity contribution in [2.75, 3.05) is 10.0 Å². The molecule has 0 saturated carbocycles. The Morgan fingerprint density at radius 3 is 2.69 bits per heavy atom. The van der Waals surface area contributed by atoms with Gasteiger partial charge in [-0.2, -0.15) is 0 Å². The fourth-order valence-electron chi connectivity index (χ4n) is 2.86. The van der Waals surface area contributed by atoms with Crippen LogP contribution < -0.4 is 10.0 Å². The van der Waals surface area contributed by atoms with Gasteiger partial charge in [0.15, 0.2) is 5.13 Å². The lowest BCUT2D eigenvalue weighted by molar-refractivity contribution is -0.114. The Balaban J connectivity index is 1.65. The number of aromatic nitrogens is 2. The van der Waals surface area contributed by atoms with Crippen molar-refractivity contribution in [1.82, 2.24) is 9.97 Å². The molecule has 9 heteroatoms.